The van der Waals surface area contributed by atoms with E-state index in [1.807, 2.05) is 32.2 Å². The van der Waals surface area contributed by atoms with Crippen LogP contribution in [-0.2, 0) is 0 Å². The minimum absolute atomic E-state index is 0.0821. The Balaban J connectivity index is 2.49. The van der Waals surface area contributed by atoms with Gasteiger partial charge >= 0.3 is 0 Å². The first-order valence-corrected chi connectivity index (χ1v) is 7.08. The molecule has 0 saturated carbocycles. The molecule has 0 aliphatic carbocycles. The van der Waals surface area contributed by atoms with Crippen molar-refractivity contribution >= 4 is 27.5 Å². The van der Waals surface area contributed by atoms with Crippen LogP contribution in [0.25, 0.3) is 0 Å². The number of rotatable bonds is 3. The molecule has 2 rings (SSSR count). The second-order valence-corrected chi connectivity index (χ2v) is 5.66. The average molecular weight is 343 g/mol. The molecule has 0 amide bonds. The van der Waals surface area contributed by atoms with Crippen LogP contribution in [0.5, 0.6) is 0 Å². The van der Waals surface area contributed by atoms with Gasteiger partial charge in [0, 0.05) is 4.47 Å². The van der Waals surface area contributed by atoms with Crippen LogP contribution in [0.4, 0.5) is 4.39 Å². The van der Waals surface area contributed by atoms with Gasteiger partial charge in [-0.25, -0.2) is 4.39 Å². The van der Waals surface area contributed by atoms with E-state index >= 15 is 0 Å². The highest BCUT2D eigenvalue weighted by atomic mass is 79.9. The van der Waals surface area contributed by atoms with Crippen LogP contribution < -0.4 is 5.32 Å². The molecule has 0 bridgehead atoms. The lowest BCUT2D eigenvalue weighted by Crippen LogP contribution is -2.19. The zero-order valence-electron chi connectivity index (χ0n) is 10.7. The SMILES string of the molecule is CNC(c1ccc(Br)c(Cl)c1)c1cc(F)ccc1C. The van der Waals surface area contributed by atoms with Crippen LogP contribution in [0.3, 0.4) is 0 Å². The van der Waals surface area contributed by atoms with Crippen molar-refractivity contribution in [3.63, 3.8) is 0 Å². The number of benzene rings is 2. The Bertz CT molecular complexity index is 601. The number of halogens is 3. The lowest BCUT2D eigenvalue weighted by Gasteiger charge is -2.20. The Kier molecular flexibility index (Phi) is 4.61. The van der Waals surface area contributed by atoms with Crippen molar-refractivity contribution in [2.75, 3.05) is 7.05 Å². The van der Waals surface area contributed by atoms with Crippen molar-refractivity contribution < 1.29 is 4.39 Å². The fourth-order valence-corrected chi connectivity index (χ4v) is 2.55. The van der Waals surface area contributed by atoms with Crippen molar-refractivity contribution in [2.45, 2.75) is 13.0 Å². The normalized spacial score (nSPS) is 12.5. The molecule has 19 heavy (non-hydrogen) atoms. The van der Waals surface area contributed by atoms with E-state index in [-0.39, 0.29) is 11.9 Å². The molecule has 0 saturated heterocycles. The van der Waals surface area contributed by atoms with E-state index in [2.05, 4.69) is 21.2 Å². The van der Waals surface area contributed by atoms with Gasteiger partial charge in [-0.05, 0) is 70.9 Å². The molecule has 1 unspecified atom stereocenters. The molecule has 0 aromatic heterocycles. The predicted molar refractivity (Wildman–Crippen MR) is 81.2 cm³/mol. The van der Waals surface area contributed by atoms with Crippen LogP contribution in [0.15, 0.2) is 40.9 Å². The summed E-state index contributed by atoms with van der Waals surface area (Å²) in [5, 5.41) is 3.85. The summed E-state index contributed by atoms with van der Waals surface area (Å²) in [6.45, 7) is 1.97. The fourth-order valence-electron chi connectivity index (χ4n) is 2.12. The zero-order valence-corrected chi connectivity index (χ0v) is 13.0. The maximum absolute atomic E-state index is 13.4. The highest BCUT2D eigenvalue weighted by Gasteiger charge is 2.16. The summed E-state index contributed by atoms with van der Waals surface area (Å²) in [7, 11) is 1.85. The summed E-state index contributed by atoms with van der Waals surface area (Å²) >= 11 is 9.50. The van der Waals surface area contributed by atoms with E-state index < -0.39 is 0 Å². The maximum atomic E-state index is 13.4. The maximum Gasteiger partial charge on any atom is 0.123 e. The van der Waals surface area contributed by atoms with Crippen LogP contribution in [0.1, 0.15) is 22.7 Å². The van der Waals surface area contributed by atoms with Crippen LogP contribution in [0.2, 0.25) is 5.02 Å². The van der Waals surface area contributed by atoms with Gasteiger partial charge in [-0.1, -0.05) is 23.7 Å². The molecule has 0 radical (unpaired) electrons. The Morgan fingerprint density at radius 1 is 1.21 bits per heavy atom. The van der Waals surface area contributed by atoms with Crippen molar-refractivity contribution in [3.05, 3.63) is 68.4 Å². The van der Waals surface area contributed by atoms with Crippen molar-refractivity contribution in [1.29, 1.82) is 0 Å². The van der Waals surface area contributed by atoms with E-state index in [4.69, 9.17) is 11.6 Å². The molecule has 1 atom stereocenters. The summed E-state index contributed by atoms with van der Waals surface area (Å²) in [6, 6.07) is 10.5. The van der Waals surface area contributed by atoms with Gasteiger partial charge in [-0.15, -0.1) is 0 Å². The van der Waals surface area contributed by atoms with E-state index in [1.54, 1.807) is 12.1 Å². The van der Waals surface area contributed by atoms with E-state index in [0.29, 0.717) is 5.02 Å². The van der Waals surface area contributed by atoms with Crippen LogP contribution >= 0.6 is 27.5 Å². The molecule has 1 nitrogen and oxygen atoms in total. The van der Waals surface area contributed by atoms with Crippen molar-refractivity contribution in [1.82, 2.24) is 5.32 Å². The van der Waals surface area contributed by atoms with Crippen molar-refractivity contribution in [2.24, 2.45) is 0 Å². The number of nitrogens with one attached hydrogen (secondary N) is 1. The average Bonchev–Trinajstić information content (AvgIpc) is 2.38. The summed E-state index contributed by atoms with van der Waals surface area (Å²) in [4.78, 5) is 0. The van der Waals surface area contributed by atoms with Crippen molar-refractivity contribution in [3.8, 4) is 0 Å². The molecule has 0 fully saturated rings. The second-order valence-electron chi connectivity index (χ2n) is 4.40. The van der Waals surface area contributed by atoms with E-state index in [1.165, 1.54) is 6.07 Å². The van der Waals surface area contributed by atoms with Crippen LogP contribution in [0, 0.1) is 12.7 Å². The molecule has 100 valence electrons. The smallest absolute Gasteiger partial charge is 0.123 e. The Labute approximate surface area is 125 Å². The summed E-state index contributed by atoms with van der Waals surface area (Å²) in [5.74, 6) is -0.232. The molecular weight excluding hydrogens is 329 g/mol. The first-order chi connectivity index (χ1) is 9.02. The third-order valence-corrected chi connectivity index (χ3v) is 4.35. The third kappa shape index (κ3) is 3.16. The lowest BCUT2D eigenvalue weighted by molar-refractivity contribution is 0.615. The molecule has 2 aromatic rings. The first kappa shape index (κ1) is 14.5. The molecule has 1 N–H and O–H groups in total. The number of hydrogen-bond donors (Lipinski definition) is 1. The minimum atomic E-state index is -0.232. The van der Waals surface area contributed by atoms with Gasteiger partial charge in [-0.2, -0.15) is 0 Å². The molecule has 0 heterocycles. The summed E-state index contributed by atoms with van der Waals surface area (Å²) in [6.07, 6.45) is 0. The van der Waals surface area contributed by atoms with Gasteiger partial charge in [0.1, 0.15) is 5.82 Å². The Morgan fingerprint density at radius 2 is 1.95 bits per heavy atom. The largest absolute Gasteiger partial charge is 0.309 e. The van der Waals surface area contributed by atoms with Gasteiger partial charge in [0.25, 0.3) is 0 Å². The Morgan fingerprint density at radius 3 is 2.58 bits per heavy atom. The monoisotopic (exact) mass is 341 g/mol. The molecule has 0 aliphatic rings. The number of aryl methyl sites for hydroxylation is 1. The van der Waals surface area contributed by atoms with Gasteiger partial charge in [0.15, 0.2) is 0 Å². The lowest BCUT2D eigenvalue weighted by atomic mass is 9.95. The standard InChI is InChI=1S/C15H14BrClFN/c1-9-3-5-11(18)8-12(9)15(19-2)10-4-6-13(16)14(17)7-10/h3-8,15,19H,1-2H3. The van der Waals surface area contributed by atoms with E-state index in [9.17, 15) is 4.39 Å². The molecular formula is C15H14BrClFN. The predicted octanol–water partition coefficient (Wildman–Crippen LogP) is 4.86. The van der Waals surface area contributed by atoms with Gasteiger partial charge < -0.3 is 5.32 Å². The third-order valence-electron chi connectivity index (χ3n) is 3.12. The van der Waals surface area contributed by atoms with Gasteiger partial charge in [-0.3, -0.25) is 0 Å². The Hall–Kier alpha value is -0.900. The zero-order chi connectivity index (χ0) is 14.0. The summed E-state index contributed by atoms with van der Waals surface area (Å²) < 4.78 is 14.3. The number of hydrogen-bond acceptors (Lipinski definition) is 1. The van der Waals surface area contributed by atoms with Gasteiger partial charge in [0.2, 0.25) is 0 Å². The topological polar surface area (TPSA) is 12.0 Å². The highest BCUT2D eigenvalue weighted by Crippen LogP contribution is 2.30. The molecule has 0 spiro atoms. The van der Waals surface area contributed by atoms with E-state index in [0.717, 1.165) is 21.2 Å². The van der Waals surface area contributed by atoms with Crippen LogP contribution in [-0.4, -0.2) is 7.05 Å². The highest BCUT2D eigenvalue weighted by molar-refractivity contribution is 9.10. The van der Waals surface area contributed by atoms with Gasteiger partial charge in [0.05, 0.1) is 11.1 Å². The molecule has 2 aromatic carbocycles. The summed E-state index contributed by atoms with van der Waals surface area (Å²) in [5.41, 5.74) is 2.96. The fraction of sp³-hybridized carbons (Fsp3) is 0.200. The molecule has 0 aliphatic heterocycles. The second kappa shape index (κ2) is 6.04. The minimum Gasteiger partial charge on any atom is -0.309 e. The molecule has 4 heteroatoms. The first-order valence-electron chi connectivity index (χ1n) is 5.91. The quantitative estimate of drug-likeness (QED) is 0.840.